The first-order valence-corrected chi connectivity index (χ1v) is 9.65. The fraction of sp³-hybridized carbons (Fsp3) is 0.333. The minimum absolute atomic E-state index is 0.306. The zero-order chi connectivity index (χ0) is 19.2. The van der Waals surface area contributed by atoms with Crippen LogP contribution in [0, 0.1) is 0 Å². The van der Waals surface area contributed by atoms with Crippen molar-refractivity contribution in [1.82, 2.24) is 20.0 Å². The normalized spacial score (nSPS) is 13.1. The SMILES string of the molecule is CCNC(=NCCc1cn2ccccc2n1)NCCc1ccc2c(c1)OCO2. The van der Waals surface area contributed by atoms with Crippen LogP contribution in [-0.2, 0) is 12.8 Å². The molecule has 0 saturated heterocycles. The van der Waals surface area contributed by atoms with Gasteiger partial charge in [-0.05, 0) is 43.2 Å². The van der Waals surface area contributed by atoms with Gasteiger partial charge < -0.3 is 24.5 Å². The van der Waals surface area contributed by atoms with Crippen LogP contribution >= 0.6 is 0 Å². The number of hydrogen-bond donors (Lipinski definition) is 2. The predicted molar refractivity (Wildman–Crippen MR) is 109 cm³/mol. The van der Waals surface area contributed by atoms with E-state index in [9.17, 15) is 0 Å². The maximum Gasteiger partial charge on any atom is 0.231 e. The van der Waals surface area contributed by atoms with E-state index in [-0.39, 0.29) is 0 Å². The number of ether oxygens (including phenoxy) is 2. The lowest BCUT2D eigenvalue weighted by Gasteiger charge is -2.11. The van der Waals surface area contributed by atoms with Crippen LogP contribution in [-0.4, -0.2) is 41.8 Å². The molecular formula is C21H25N5O2. The van der Waals surface area contributed by atoms with Crippen molar-refractivity contribution >= 4 is 11.6 Å². The molecule has 2 aromatic heterocycles. The Morgan fingerprint density at radius 2 is 2.07 bits per heavy atom. The fourth-order valence-electron chi connectivity index (χ4n) is 3.15. The van der Waals surface area contributed by atoms with Crippen LogP contribution in [0.5, 0.6) is 11.5 Å². The smallest absolute Gasteiger partial charge is 0.231 e. The van der Waals surface area contributed by atoms with E-state index in [0.29, 0.717) is 13.3 Å². The molecule has 3 aromatic rings. The second kappa shape index (κ2) is 8.65. The maximum absolute atomic E-state index is 5.44. The van der Waals surface area contributed by atoms with Gasteiger partial charge in [0.1, 0.15) is 5.65 Å². The molecule has 0 saturated carbocycles. The van der Waals surface area contributed by atoms with Gasteiger partial charge >= 0.3 is 0 Å². The van der Waals surface area contributed by atoms with Gasteiger partial charge in [-0.15, -0.1) is 0 Å². The summed E-state index contributed by atoms with van der Waals surface area (Å²) >= 11 is 0. The van der Waals surface area contributed by atoms with Crippen molar-refractivity contribution in [2.75, 3.05) is 26.4 Å². The molecule has 0 fully saturated rings. The van der Waals surface area contributed by atoms with E-state index in [1.165, 1.54) is 5.56 Å². The van der Waals surface area contributed by atoms with Crippen molar-refractivity contribution in [2.24, 2.45) is 4.99 Å². The van der Waals surface area contributed by atoms with E-state index in [4.69, 9.17) is 9.47 Å². The molecule has 1 aromatic carbocycles. The van der Waals surface area contributed by atoms with Gasteiger partial charge in [0.25, 0.3) is 0 Å². The average Bonchev–Trinajstić information content (AvgIpc) is 3.33. The number of imidazole rings is 1. The molecule has 0 atom stereocenters. The lowest BCUT2D eigenvalue weighted by atomic mass is 10.1. The first kappa shape index (κ1) is 18.2. The van der Waals surface area contributed by atoms with Gasteiger partial charge in [0.15, 0.2) is 17.5 Å². The summed E-state index contributed by atoms with van der Waals surface area (Å²) in [5.74, 6) is 2.47. The summed E-state index contributed by atoms with van der Waals surface area (Å²) in [5, 5.41) is 6.68. The minimum Gasteiger partial charge on any atom is -0.454 e. The van der Waals surface area contributed by atoms with Gasteiger partial charge in [0.05, 0.1) is 5.69 Å². The Balaban J connectivity index is 1.29. The summed E-state index contributed by atoms with van der Waals surface area (Å²) in [5.41, 5.74) is 3.22. The molecule has 7 heteroatoms. The van der Waals surface area contributed by atoms with E-state index in [1.807, 2.05) is 40.9 Å². The first-order valence-electron chi connectivity index (χ1n) is 9.65. The highest BCUT2D eigenvalue weighted by Gasteiger charge is 2.12. The Bertz CT molecular complexity index is 933. The summed E-state index contributed by atoms with van der Waals surface area (Å²) in [6.45, 7) is 4.67. The van der Waals surface area contributed by atoms with E-state index in [0.717, 1.165) is 54.7 Å². The Kier molecular flexibility index (Phi) is 5.61. The molecule has 0 spiro atoms. The second-order valence-electron chi connectivity index (χ2n) is 6.57. The van der Waals surface area contributed by atoms with Gasteiger partial charge in [-0.3, -0.25) is 4.99 Å². The standard InChI is InChI=1S/C21H25N5O2/c1-2-22-21(23-10-8-16-6-7-18-19(13-16)28-15-27-18)24-11-9-17-14-26-12-4-3-5-20(26)25-17/h3-7,12-14H,2,8-11,15H2,1H3,(H2,22,23,24). The summed E-state index contributed by atoms with van der Waals surface area (Å²) < 4.78 is 12.8. The first-order chi connectivity index (χ1) is 13.8. The number of pyridine rings is 1. The van der Waals surface area contributed by atoms with E-state index >= 15 is 0 Å². The molecule has 1 aliphatic heterocycles. The second-order valence-corrected chi connectivity index (χ2v) is 6.57. The molecule has 0 aliphatic carbocycles. The third kappa shape index (κ3) is 4.36. The highest BCUT2D eigenvalue weighted by atomic mass is 16.7. The average molecular weight is 379 g/mol. The number of aliphatic imine (C=N–C) groups is 1. The number of benzene rings is 1. The molecule has 0 radical (unpaired) electrons. The van der Waals surface area contributed by atoms with Crippen LogP contribution < -0.4 is 20.1 Å². The molecule has 0 amide bonds. The van der Waals surface area contributed by atoms with E-state index < -0.39 is 0 Å². The highest BCUT2D eigenvalue weighted by Crippen LogP contribution is 2.32. The molecule has 3 heterocycles. The Hall–Kier alpha value is -3.22. The number of rotatable bonds is 7. The van der Waals surface area contributed by atoms with Crippen molar-refractivity contribution in [1.29, 1.82) is 0 Å². The van der Waals surface area contributed by atoms with Crippen molar-refractivity contribution in [2.45, 2.75) is 19.8 Å². The topological polar surface area (TPSA) is 72.2 Å². The Morgan fingerprint density at radius 1 is 1.14 bits per heavy atom. The molecular weight excluding hydrogens is 354 g/mol. The number of fused-ring (bicyclic) bond motifs is 2. The van der Waals surface area contributed by atoms with Crippen molar-refractivity contribution in [3.8, 4) is 11.5 Å². The molecule has 0 unspecified atom stereocenters. The predicted octanol–water partition coefficient (Wildman–Crippen LogP) is 2.40. The van der Waals surface area contributed by atoms with Gasteiger partial charge in [0.2, 0.25) is 6.79 Å². The molecule has 0 bridgehead atoms. The van der Waals surface area contributed by atoms with Gasteiger partial charge in [-0.25, -0.2) is 4.98 Å². The molecule has 7 nitrogen and oxygen atoms in total. The molecule has 2 N–H and O–H groups in total. The number of nitrogens with zero attached hydrogens (tertiary/aromatic N) is 3. The number of nitrogens with one attached hydrogen (secondary N) is 2. The fourth-order valence-corrected chi connectivity index (χ4v) is 3.15. The van der Waals surface area contributed by atoms with Crippen LogP contribution in [0.1, 0.15) is 18.2 Å². The highest BCUT2D eigenvalue weighted by molar-refractivity contribution is 5.79. The van der Waals surface area contributed by atoms with Crippen LogP contribution in [0.15, 0.2) is 53.8 Å². The monoisotopic (exact) mass is 379 g/mol. The maximum atomic E-state index is 5.44. The van der Waals surface area contributed by atoms with Crippen LogP contribution in [0.2, 0.25) is 0 Å². The van der Waals surface area contributed by atoms with Gasteiger partial charge in [-0.1, -0.05) is 12.1 Å². The molecule has 4 rings (SSSR count). The zero-order valence-electron chi connectivity index (χ0n) is 16.0. The lowest BCUT2D eigenvalue weighted by molar-refractivity contribution is 0.174. The van der Waals surface area contributed by atoms with E-state index in [2.05, 4.69) is 39.8 Å². The van der Waals surface area contributed by atoms with Gasteiger partial charge in [0, 0.05) is 38.4 Å². The summed E-state index contributed by atoms with van der Waals surface area (Å²) in [6, 6.07) is 12.1. The number of aromatic nitrogens is 2. The van der Waals surface area contributed by atoms with Crippen LogP contribution in [0.4, 0.5) is 0 Å². The third-order valence-corrected chi connectivity index (χ3v) is 4.54. The Morgan fingerprint density at radius 3 is 2.96 bits per heavy atom. The Labute approximate surface area is 164 Å². The van der Waals surface area contributed by atoms with Crippen molar-refractivity contribution in [3.63, 3.8) is 0 Å². The summed E-state index contributed by atoms with van der Waals surface area (Å²) in [6.07, 6.45) is 5.76. The number of guanidine groups is 1. The van der Waals surface area contributed by atoms with Crippen molar-refractivity contribution < 1.29 is 9.47 Å². The summed E-state index contributed by atoms with van der Waals surface area (Å²) in [4.78, 5) is 9.29. The van der Waals surface area contributed by atoms with E-state index in [1.54, 1.807) is 0 Å². The summed E-state index contributed by atoms with van der Waals surface area (Å²) in [7, 11) is 0. The van der Waals surface area contributed by atoms with Crippen LogP contribution in [0.25, 0.3) is 5.65 Å². The molecule has 28 heavy (non-hydrogen) atoms. The zero-order valence-corrected chi connectivity index (χ0v) is 16.0. The quantitative estimate of drug-likeness (QED) is 0.487. The third-order valence-electron chi connectivity index (χ3n) is 4.54. The molecule has 1 aliphatic rings. The van der Waals surface area contributed by atoms with Gasteiger partial charge in [-0.2, -0.15) is 0 Å². The van der Waals surface area contributed by atoms with Crippen molar-refractivity contribution in [3.05, 3.63) is 60.0 Å². The number of hydrogen-bond acceptors (Lipinski definition) is 4. The minimum atomic E-state index is 0.306. The molecule has 146 valence electrons. The largest absolute Gasteiger partial charge is 0.454 e. The lowest BCUT2D eigenvalue weighted by Crippen LogP contribution is -2.38. The van der Waals surface area contributed by atoms with Crippen LogP contribution in [0.3, 0.4) is 0 Å².